The van der Waals surface area contributed by atoms with E-state index in [0.29, 0.717) is 12.8 Å². The van der Waals surface area contributed by atoms with Gasteiger partial charge < -0.3 is 14.2 Å². The molecule has 1 N–H and O–H groups in total. The van der Waals surface area contributed by atoms with Gasteiger partial charge >= 0.3 is 5.97 Å². The third kappa shape index (κ3) is 2.58. The van der Waals surface area contributed by atoms with Crippen LogP contribution < -0.4 is 0 Å². The summed E-state index contributed by atoms with van der Waals surface area (Å²) < 4.78 is 3.68. The highest BCUT2D eigenvalue weighted by Crippen LogP contribution is 2.12. The van der Waals surface area contributed by atoms with Crippen LogP contribution in [0.25, 0.3) is 0 Å². The van der Waals surface area contributed by atoms with Crippen LogP contribution in [0.5, 0.6) is 0 Å². The summed E-state index contributed by atoms with van der Waals surface area (Å²) in [7, 11) is 3.73. The second-order valence-electron chi connectivity index (χ2n) is 4.35. The summed E-state index contributed by atoms with van der Waals surface area (Å²) in [5, 5.41) is 9.28. The second kappa shape index (κ2) is 5.03. The topological polar surface area (TPSA) is 72.9 Å². The monoisotopic (exact) mass is 248 g/mol. The lowest BCUT2D eigenvalue weighted by atomic mass is 10.0. The maximum Gasteiger partial charge on any atom is 0.307 e. The van der Waals surface area contributed by atoms with Crippen molar-refractivity contribution in [2.24, 2.45) is 20.0 Å². The van der Waals surface area contributed by atoms with E-state index in [0.717, 1.165) is 11.6 Å². The molecule has 6 nitrogen and oxygen atoms in total. The molecule has 0 amide bonds. The number of carbonyl (C=O) groups is 1. The number of aryl methyl sites for hydroxylation is 2. The molecule has 0 aromatic carbocycles. The lowest BCUT2D eigenvalue weighted by Crippen LogP contribution is -2.22. The Balaban J connectivity index is 2.12. The van der Waals surface area contributed by atoms with Crippen molar-refractivity contribution >= 4 is 5.97 Å². The van der Waals surface area contributed by atoms with Gasteiger partial charge in [-0.2, -0.15) is 0 Å². The van der Waals surface area contributed by atoms with E-state index in [4.69, 9.17) is 0 Å². The van der Waals surface area contributed by atoms with Gasteiger partial charge in [-0.3, -0.25) is 4.79 Å². The molecule has 96 valence electrons. The van der Waals surface area contributed by atoms with Crippen LogP contribution in [0, 0.1) is 5.92 Å². The highest BCUT2D eigenvalue weighted by atomic mass is 16.4. The van der Waals surface area contributed by atoms with E-state index in [1.165, 1.54) is 0 Å². The van der Waals surface area contributed by atoms with Crippen LogP contribution in [0.1, 0.15) is 11.6 Å². The minimum Gasteiger partial charge on any atom is -0.481 e. The molecule has 6 heteroatoms. The van der Waals surface area contributed by atoms with E-state index in [-0.39, 0.29) is 0 Å². The molecular formula is C12H16N4O2. The van der Waals surface area contributed by atoms with Gasteiger partial charge in [0.15, 0.2) is 0 Å². The maximum absolute atomic E-state index is 11.3. The molecule has 0 bridgehead atoms. The van der Waals surface area contributed by atoms with Crippen LogP contribution in [-0.4, -0.2) is 30.2 Å². The first-order valence-corrected chi connectivity index (χ1v) is 5.73. The fourth-order valence-electron chi connectivity index (χ4n) is 1.87. The van der Waals surface area contributed by atoms with Crippen molar-refractivity contribution in [3.05, 3.63) is 36.4 Å². The third-order valence-corrected chi connectivity index (χ3v) is 3.05. The normalized spacial score (nSPS) is 11.1. The summed E-state index contributed by atoms with van der Waals surface area (Å²) in [5.41, 5.74) is 0. The van der Waals surface area contributed by atoms with Gasteiger partial charge in [-0.05, 0) is 0 Å². The lowest BCUT2D eigenvalue weighted by Gasteiger charge is -2.12. The number of imidazole rings is 2. The van der Waals surface area contributed by atoms with E-state index in [1.54, 1.807) is 12.4 Å². The number of rotatable bonds is 5. The Morgan fingerprint density at radius 3 is 1.89 bits per heavy atom. The molecule has 2 rings (SSSR count). The zero-order valence-electron chi connectivity index (χ0n) is 10.4. The Morgan fingerprint density at radius 2 is 1.61 bits per heavy atom. The molecule has 0 spiro atoms. The minimum atomic E-state index is -0.819. The van der Waals surface area contributed by atoms with Gasteiger partial charge in [0, 0.05) is 51.7 Å². The van der Waals surface area contributed by atoms with Crippen molar-refractivity contribution in [2.45, 2.75) is 12.8 Å². The number of aliphatic carboxylic acids is 1. The zero-order valence-corrected chi connectivity index (χ0v) is 10.4. The Morgan fingerprint density at radius 1 is 1.17 bits per heavy atom. The smallest absolute Gasteiger partial charge is 0.307 e. The first-order valence-electron chi connectivity index (χ1n) is 5.73. The van der Waals surface area contributed by atoms with Crippen LogP contribution >= 0.6 is 0 Å². The van der Waals surface area contributed by atoms with Crippen LogP contribution in [0.15, 0.2) is 24.8 Å². The van der Waals surface area contributed by atoms with Gasteiger partial charge in [0.1, 0.15) is 11.6 Å². The van der Waals surface area contributed by atoms with Gasteiger partial charge in [0.05, 0.1) is 5.92 Å². The molecule has 0 atom stereocenters. The molecular weight excluding hydrogens is 232 g/mol. The third-order valence-electron chi connectivity index (χ3n) is 3.05. The highest BCUT2D eigenvalue weighted by molar-refractivity contribution is 5.70. The average Bonchev–Trinajstić information content (AvgIpc) is 2.88. The Bertz CT molecular complexity index is 502. The predicted octanol–water partition coefficient (Wildman–Crippen LogP) is 0.640. The predicted molar refractivity (Wildman–Crippen MR) is 64.9 cm³/mol. The molecule has 0 aliphatic rings. The van der Waals surface area contributed by atoms with Crippen molar-refractivity contribution < 1.29 is 9.90 Å². The molecule has 0 fully saturated rings. The van der Waals surface area contributed by atoms with E-state index in [9.17, 15) is 9.90 Å². The Hall–Kier alpha value is -2.11. The van der Waals surface area contributed by atoms with E-state index >= 15 is 0 Å². The molecule has 0 unspecified atom stereocenters. The molecule has 2 aromatic heterocycles. The SMILES string of the molecule is Cn1ccnc1CC(Cc1nccn1C)C(=O)O. The molecule has 0 radical (unpaired) electrons. The van der Waals surface area contributed by atoms with E-state index in [2.05, 4.69) is 9.97 Å². The molecule has 0 saturated carbocycles. The van der Waals surface area contributed by atoms with Crippen molar-refractivity contribution in [3.63, 3.8) is 0 Å². The van der Waals surface area contributed by atoms with Crippen LogP contribution in [0.2, 0.25) is 0 Å². The average molecular weight is 248 g/mol. The molecule has 0 saturated heterocycles. The molecule has 18 heavy (non-hydrogen) atoms. The largest absolute Gasteiger partial charge is 0.481 e. The summed E-state index contributed by atoms with van der Waals surface area (Å²) in [5.74, 6) is 0.224. The number of carboxylic acid groups (broad SMARTS) is 1. The highest BCUT2D eigenvalue weighted by Gasteiger charge is 2.22. The summed E-state index contributed by atoms with van der Waals surface area (Å²) in [6.07, 6.45) is 7.80. The Kier molecular flexibility index (Phi) is 3.45. The molecule has 2 aromatic rings. The fourth-order valence-corrected chi connectivity index (χ4v) is 1.87. The first kappa shape index (κ1) is 12.3. The fraction of sp³-hybridized carbons (Fsp3) is 0.417. The first-order chi connectivity index (χ1) is 8.58. The summed E-state index contributed by atoms with van der Waals surface area (Å²) in [6, 6.07) is 0. The van der Waals surface area contributed by atoms with Crippen molar-refractivity contribution in [3.8, 4) is 0 Å². The minimum absolute atomic E-state index is 0.408. The number of hydrogen-bond acceptors (Lipinski definition) is 3. The van der Waals surface area contributed by atoms with Crippen LogP contribution in [0.3, 0.4) is 0 Å². The number of hydrogen-bond donors (Lipinski definition) is 1. The van der Waals surface area contributed by atoms with Crippen molar-refractivity contribution in [1.29, 1.82) is 0 Å². The van der Waals surface area contributed by atoms with Gasteiger partial charge in [-0.15, -0.1) is 0 Å². The van der Waals surface area contributed by atoms with E-state index in [1.807, 2.05) is 35.6 Å². The van der Waals surface area contributed by atoms with Gasteiger partial charge in [0.2, 0.25) is 0 Å². The maximum atomic E-state index is 11.3. The number of carboxylic acids is 1. The zero-order chi connectivity index (χ0) is 13.1. The molecule has 0 aliphatic carbocycles. The van der Waals surface area contributed by atoms with Crippen molar-refractivity contribution in [2.75, 3.05) is 0 Å². The van der Waals surface area contributed by atoms with Gasteiger partial charge in [-0.1, -0.05) is 0 Å². The van der Waals surface area contributed by atoms with Gasteiger partial charge in [-0.25, -0.2) is 9.97 Å². The summed E-state index contributed by atoms with van der Waals surface area (Å²) in [6.45, 7) is 0. The lowest BCUT2D eigenvalue weighted by molar-refractivity contribution is -0.141. The second-order valence-corrected chi connectivity index (χ2v) is 4.35. The molecule has 2 heterocycles. The Labute approximate surface area is 105 Å². The quantitative estimate of drug-likeness (QED) is 0.842. The number of aromatic nitrogens is 4. The van der Waals surface area contributed by atoms with Crippen LogP contribution in [0.4, 0.5) is 0 Å². The summed E-state index contributed by atoms with van der Waals surface area (Å²) >= 11 is 0. The van der Waals surface area contributed by atoms with Gasteiger partial charge in [0.25, 0.3) is 0 Å². The summed E-state index contributed by atoms with van der Waals surface area (Å²) in [4.78, 5) is 19.6. The standard InChI is InChI=1S/C12H16N4O2/c1-15-5-3-13-10(15)7-9(12(17)18)8-11-14-4-6-16(11)2/h3-6,9H,7-8H2,1-2H3,(H,17,18). The van der Waals surface area contributed by atoms with Crippen LogP contribution in [-0.2, 0) is 31.7 Å². The van der Waals surface area contributed by atoms with Crippen molar-refractivity contribution in [1.82, 2.24) is 19.1 Å². The molecule has 0 aliphatic heterocycles. The van der Waals surface area contributed by atoms with E-state index < -0.39 is 11.9 Å². The number of nitrogens with zero attached hydrogens (tertiary/aromatic N) is 4.